The maximum atomic E-state index is 12.3. The highest BCUT2D eigenvalue weighted by molar-refractivity contribution is 5.93. The maximum Gasteiger partial charge on any atom is 0.238 e. The molecule has 0 aromatic heterocycles. The molecular formula is C20H22N4O2. The smallest absolute Gasteiger partial charge is 0.238 e. The summed E-state index contributed by atoms with van der Waals surface area (Å²) in [6, 6.07) is 16.5. The number of nitrogens with zero attached hydrogens (tertiary/aromatic N) is 2. The number of hydrogen-bond acceptors (Lipinski definition) is 4. The molecule has 0 heterocycles. The van der Waals surface area contributed by atoms with Crippen molar-refractivity contribution in [2.45, 2.75) is 20.4 Å². The van der Waals surface area contributed by atoms with Crippen molar-refractivity contribution in [1.82, 2.24) is 4.90 Å². The van der Waals surface area contributed by atoms with Gasteiger partial charge in [-0.1, -0.05) is 25.1 Å². The molecule has 2 N–H and O–H groups in total. The van der Waals surface area contributed by atoms with Gasteiger partial charge in [0.05, 0.1) is 18.2 Å². The summed E-state index contributed by atoms with van der Waals surface area (Å²) in [4.78, 5) is 25.3. The van der Waals surface area contributed by atoms with Crippen LogP contribution < -0.4 is 10.6 Å². The molecule has 2 rings (SSSR count). The average Bonchev–Trinajstić information content (AvgIpc) is 2.62. The van der Waals surface area contributed by atoms with Crippen LogP contribution in [0.4, 0.5) is 11.4 Å². The fraction of sp³-hybridized carbons (Fsp3) is 0.250. The number of nitriles is 1. The van der Waals surface area contributed by atoms with E-state index in [0.29, 0.717) is 30.0 Å². The van der Waals surface area contributed by atoms with E-state index in [1.165, 1.54) is 6.92 Å². The van der Waals surface area contributed by atoms with Crippen LogP contribution in [0.3, 0.4) is 0 Å². The van der Waals surface area contributed by atoms with Gasteiger partial charge < -0.3 is 10.6 Å². The summed E-state index contributed by atoms with van der Waals surface area (Å²) in [5, 5.41) is 14.7. The molecule has 0 saturated heterocycles. The molecule has 0 aliphatic rings. The van der Waals surface area contributed by atoms with Crippen LogP contribution in [0.15, 0.2) is 48.5 Å². The van der Waals surface area contributed by atoms with E-state index in [1.54, 1.807) is 30.3 Å². The number of amides is 2. The Morgan fingerprint density at radius 1 is 1.04 bits per heavy atom. The summed E-state index contributed by atoms with van der Waals surface area (Å²) < 4.78 is 0. The molecule has 2 amide bonds. The lowest BCUT2D eigenvalue weighted by molar-refractivity contribution is -0.117. The van der Waals surface area contributed by atoms with E-state index < -0.39 is 0 Å². The Morgan fingerprint density at radius 2 is 1.65 bits per heavy atom. The quantitative estimate of drug-likeness (QED) is 0.804. The SMILES string of the molecule is CCN(CC(=O)Nc1ccc(NC(C)=O)cc1)Cc1ccccc1C#N. The van der Waals surface area contributed by atoms with Crippen molar-refractivity contribution in [3.8, 4) is 6.07 Å². The Morgan fingerprint density at radius 3 is 2.23 bits per heavy atom. The summed E-state index contributed by atoms with van der Waals surface area (Å²) >= 11 is 0. The van der Waals surface area contributed by atoms with Gasteiger partial charge in [0.1, 0.15) is 0 Å². The summed E-state index contributed by atoms with van der Waals surface area (Å²) in [6.07, 6.45) is 0. The standard InChI is InChI=1S/C20H22N4O2/c1-3-24(13-17-7-5-4-6-16(17)12-21)14-20(26)23-19-10-8-18(9-11-19)22-15(2)25/h4-11H,3,13-14H2,1-2H3,(H,22,25)(H,23,26). The van der Waals surface area contributed by atoms with Gasteiger partial charge in [0.25, 0.3) is 0 Å². The minimum atomic E-state index is -0.141. The highest BCUT2D eigenvalue weighted by atomic mass is 16.2. The Kier molecular flexibility index (Phi) is 6.89. The van der Waals surface area contributed by atoms with E-state index in [2.05, 4.69) is 16.7 Å². The molecule has 0 atom stereocenters. The van der Waals surface area contributed by atoms with Gasteiger partial charge in [-0.05, 0) is 42.4 Å². The van der Waals surface area contributed by atoms with Crippen LogP contribution in [0, 0.1) is 11.3 Å². The summed E-state index contributed by atoms with van der Waals surface area (Å²) in [6.45, 7) is 4.87. The van der Waals surface area contributed by atoms with Crippen LogP contribution in [-0.4, -0.2) is 29.8 Å². The fourth-order valence-electron chi connectivity index (χ4n) is 2.53. The first-order valence-corrected chi connectivity index (χ1v) is 8.39. The lowest BCUT2D eigenvalue weighted by Gasteiger charge is -2.20. The molecule has 2 aromatic rings. The number of carbonyl (C=O) groups excluding carboxylic acids is 2. The van der Waals surface area contributed by atoms with Crippen molar-refractivity contribution in [2.75, 3.05) is 23.7 Å². The van der Waals surface area contributed by atoms with Gasteiger partial charge in [-0.2, -0.15) is 5.26 Å². The summed E-state index contributed by atoms with van der Waals surface area (Å²) in [7, 11) is 0. The van der Waals surface area contributed by atoms with E-state index in [9.17, 15) is 14.9 Å². The van der Waals surface area contributed by atoms with Crippen LogP contribution in [-0.2, 0) is 16.1 Å². The van der Waals surface area contributed by atoms with Gasteiger partial charge in [-0.25, -0.2) is 0 Å². The highest BCUT2D eigenvalue weighted by Gasteiger charge is 2.12. The number of rotatable bonds is 7. The molecule has 6 nitrogen and oxygen atoms in total. The fourth-order valence-corrected chi connectivity index (χ4v) is 2.53. The van der Waals surface area contributed by atoms with Crippen molar-refractivity contribution >= 4 is 23.2 Å². The Hall–Kier alpha value is -3.17. The lowest BCUT2D eigenvalue weighted by Crippen LogP contribution is -2.33. The molecule has 6 heteroatoms. The average molecular weight is 350 g/mol. The van der Waals surface area contributed by atoms with Gasteiger partial charge in [-0.15, -0.1) is 0 Å². The van der Waals surface area contributed by atoms with Gasteiger partial charge in [0.2, 0.25) is 11.8 Å². The van der Waals surface area contributed by atoms with Crippen molar-refractivity contribution in [3.63, 3.8) is 0 Å². The first kappa shape index (κ1) is 19.2. The number of anilines is 2. The molecule has 0 saturated carbocycles. The monoisotopic (exact) mass is 350 g/mol. The van der Waals surface area contributed by atoms with Crippen LogP contribution >= 0.6 is 0 Å². The normalized spacial score (nSPS) is 10.2. The third-order valence-corrected chi connectivity index (χ3v) is 3.84. The first-order chi connectivity index (χ1) is 12.5. The molecule has 0 fully saturated rings. The van der Waals surface area contributed by atoms with Crippen LogP contribution in [0.25, 0.3) is 0 Å². The minimum Gasteiger partial charge on any atom is -0.326 e. The van der Waals surface area contributed by atoms with Gasteiger partial charge in [-0.3, -0.25) is 14.5 Å². The van der Waals surface area contributed by atoms with E-state index in [1.807, 2.05) is 30.0 Å². The Balaban J connectivity index is 1.94. The van der Waals surface area contributed by atoms with Gasteiger partial charge >= 0.3 is 0 Å². The molecule has 134 valence electrons. The number of benzene rings is 2. The van der Waals surface area contributed by atoms with Gasteiger partial charge in [0, 0.05) is 24.8 Å². The van der Waals surface area contributed by atoms with Crippen LogP contribution in [0.5, 0.6) is 0 Å². The number of nitrogens with one attached hydrogen (secondary N) is 2. The van der Waals surface area contributed by atoms with Crippen molar-refractivity contribution < 1.29 is 9.59 Å². The minimum absolute atomic E-state index is 0.131. The Bertz CT molecular complexity index is 809. The number of carbonyl (C=O) groups is 2. The zero-order chi connectivity index (χ0) is 18.9. The molecule has 0 spiro atoms. The van der Waals surface area contributed by atoms with Crippen LogP contribution in [0.1, 0.15) is 25.0 Å². The molecule has 2 aromatic carbocycles. The van der Waals surface area contributed by atoms with E-state index >= 15 is 0 Å². The predicted octanol–water partition coefficient (Wildman–Crippen LogP) is 2.98. The maximum absolute atomic E-state index is 12.3. The Labute approximate surface area is 153 Å². The second kappa shape index (κ2) is 9.35. The van der Waals surface area contributed by atoms with Crippen molar-refractivity contribution in [2.24, 2.45) is 0 Å². The molecule has 0 bridgehead atoms. The second-order valence-electron chi connectivity index (χ2n) is 5.88. The first-order valence-electron chi connectivity index (χ1n) is 8.39. The second-order valence-corrected chi connectivity index (χ2v) is 5.88. The number of hydrogen-bond donors (Lipinski definition) is 2. The molecule has 0 unspecified atom stereocenters. The zero-order valence-corrected chi connectivity index (χ0v) is 15.0. The third-order valence-electron chi connectivity index (χ3n) is 3.84. The van der Waals surface area contributed by atoms with Gasteiger partial charge in [0.15, 0.2) is 0 Å². The largest absolute Gasteiger partial charge is 0.326 e. The van der Waals surface area contributed by atoms with E-state index in [4.69, 9.17) is 0 Å². The molecular weight excluding hydrogens is 328 g/mol. The van der Waals surface area contributed by atoms with Crippen molar-refractivity contribution in [3.05, 3.63) is 59.7 Å². The highest BCUT2D eigenvalue weighted by Crippen LogP contribution is 2.14. The summed E-state index contributed by atoms with van der Waals surface area (Å²) in [5.41, 5.74) is 2.88. The molecule has 0 radical (unpaired) electrons. The third kappa shape index (κ3) is 5.72. The van der Waals surface area contributed by atoms with Crippen molar-refractivity contribution in [1.29, 1.82) is 5.26 Å². The zero-order valence-electron chi connectivity index (χ0n) is 15.0. The lowest BCUT2D eigenvalue weighted by atomic mass is 10.1. The van der Waals surface area contributed by atoms with E-state index in [-0.39, 0.29) is 18.4 Å². The molecule has 26 heavy (non-hydrogen) atoms. The number of likely N-dealkylation sites (N-methyl/N-ethyl adjacent to an activating group) is 1. The molecule has 0 aliphatic carbocycles. The molecule has 0 aliphatic heterocycles. The van der Waals surface area contributed by atoms with E-state index in [0.717, 1.165) is 5.56 Å². The summed E-state index contributed by atoms with van der Waals surface area (Å²) in [5.74, 6) is -0.272. The predicted molar refractivity (Wildman–Crippen MR) is 101 cm³/mol. The van der Waals surface area contributed by atoms with Crippen LogP contribution in [0.2, 0.25) is 0 Å². The topological polar surface area (TPSA) is 85.2 Å².